The van der Waals surface area contributed by atoms with Gasteiger partial charge in [-0.3, -0.25) is 0 Å². The van der Waals surface area contributed by atoms with Crippen LogP contribution >= 0.6 is 11.8 Å². The molecular weight excluding hydrogens is 194 g/mol. The quantitative estimate of drug-likeness (QED) is 0.478. The zero-order chi connectivity index (χ0) is 11.0. The zero-order valence-corrected chi connectivity index (χ0v) is 10.2. The summed E-state index contributed by atoms with van der Waals surface area (Å²) in [4.78, 5) is 0. The highest BCUT2D eigenvalue weighted by atomic mass is 32.2. The first-order valence-corrected chi connectivity index (χ1v) is 5.92. The van der Waals surface area contributed by atoms with Crippen LogP contribution < -0.4 is 5.84 Å². The Labute approximate surface area is 90.0 Å². The molecule has 4 heteroatoms. The van der Waals surface area contributed by atoms with Crippen molar-refractivity contribution in [3.8, 4) is 0 Å². The van der Waals surface area contributed by atoms with Crippen molar-refractivity contribution in [2.24, 2.45) is 21.8 Å². The second-order valence-electron chi connectivity index (χ2n) is 5.11. The number of hydrogen-bond donors (Lipinski definition) is 2. The van der Waals surface area contributed by atoms with Gasteiger partial charge in [0.2, 0.25) is 0 Å². The van der Waals surface area contributed by atoms with Crippen LogP contribution in [0.25, 0.3) is 0 Å². The molecule has 0 amide bonds. The number of hydrogen-bond acceptors (Lipinski definition) is 4. The maximum absolute atomic E-state index is 8.12. The van der Waals surface area contributed by atoms with Crippen LogP contribution in [0.2, 0.25) is 0 Å². The molecule has 0 aromatic carbocycles. The van der Waals surface area contributed by atoms with Gasteiger partial charge in [-0.05, 0) is 0 Å². The Balaban J connectivity index is 3.12. The van der Waals surface area contributed by atoms with Crippen LogP contribution in [-0.4, -0.2) is 22.9 Å². The maximum atomic E-state index is 8.12. The van der Waals surface area contributed by atoms with Crippen LogP contribution in [-0.2, 0) is 0 Å². The summed E-state index contributed by atoms with van der Waals surface area (Å²) >= 11 is 1.88. The number of nitrogens with zero attached hydrogens (tertiary/aromatic N) is 1. The minimum Gasteiger partial charge on any atom is -0.323 e. The van der Waals surface area contributed by atoms with Crippen molar-refractivity contribution in [2.45, 2.75) is 27.7 Å². The van der Waals surface area contributed by atoms with E-state index in [2.05, 4.69) is 32.8 Å². The molecule has 14 heavy (non-hydrogen) atoms. The Hall–Kier alpha value is -0.510. The van der Waals surface area contributed by atoms with E-state index >= 15 is 0 Å². The van der Waals surface area contributed by atoms with Crippen molar-refractivity contribution in [1.29, 1.82) is 5.41 Å². The summed E-state index contributed by atoms with van der Waals surface area (Å²) in [5.74, 6) is 7.35. The van der Waals surface area contributed by atoms with Gasteiger partial charge in [0.15, 0.2) is 0 Å². The van der Waals surface area contributed by atoms with E-state index in [1.807, 2.05) is 11.8 Å². The Morgan fingerprint density at radius 1 is 1.21 bits per heavy atom. The van der Waals surface area contributed by atoms with Crippen molar-refractivity contribution in [3.05, 3.63) is 0 Å². The molecule has 3 N–H and O–H groups in total. The lowest BCUT2D eigenvalue weighted by Gasteiger charge is -2.27. The number of hydrazone groups is 1. The first-order chi connectivity index (χ1) is 6.31. The molecule has 80 valence electrons. The van der Waals surface area contributed by atoms with Gasteiger partial charge in [0.05, 0.1) is 11.4 Å². The van der Waals surface area contributed by atoms with Gasteiger partial charge in [-0.1, -0.05) is 27.7 Å². The van der Waals surface area contributed by atoms with E-state index in [9.17, 15) is 0 Å². The molecule has 1 rings (SSSR count). The number of nitrogens with two attached hydrogens (primary N) is 1. The van der Waals surface area contributed by atoms with Crippen molar-refractivity contribution in [2.75, 3.05) is 11.5 Å². The van der Waals surface area contributed by atoms with Crippen molar-refractivity contribution >= 4 is 23.2 Å². The molecule has 0 unspecified atom stereocenters. The normalized spacial score (nSPS) is 28.9. The van der Waals surface area contributed by atoms with Crippen LogP contribution in [0.4, 0.5) is 0 Å². The predicted octanol–water partition coefficient (Wildman–Crippen LogP) is 2.12. The summed E-state index contributed by atoms with van der Waals surface area (Å²) in [6.07, 6.45) is 0. The zero-order valence-electron chi connectivity index (χ0n) is 9.35. The molecule has 0 spiro atoms. The van der Waals surface area contributed by atoms with Gasteiger partial charge >= 0.3 is 0 Å². The molecule has 0 bridgehead atoms. The van der Waals surface area contributed by atoms with Gasteiger partial charge in [-0.2, -0.15) is 16.9 Å². The second kappa shape index (κ2) is 3.57. The van der Waals surface area contributed by atoms with Crippen LogP contribution in [0.5, 0.6) is 0 Å². The summed E-state index contributed by atoms with van der Waals surface area (Å²) in [6.45, 7) is 8.35. The predicted molar refractivity (Wildman–Crippen MR) is 64.2 cm³/mol. The maximum Gasteiger partial charge on any atom is 0.0877 e. The molecular formula is C10H19N3S. The van der Waals surface area contributed by atoms with E-state index in [0.717, 1.165) is 17.2 Å². The highest BCUT2D eigenvalue weighted by Gasteiger charge is 2.39. The molecule has 0 aromatic heterocycles. The van der Waals surface area contributed by atoms with E-state index in [1.54, 1.807) is 0 Å². The minimum absolute atomic E-state index is 0.0791. The Bertz CT molecular complexity index is 279. The first-order valence-electron chi connectivity index (χ1n) is 4.77. The fourth-order valence-electron chi connectivity index (χ4n) is 1.60. The third-order valence-corrected chi connectivity index (χ3v) is 4.46. The van der Waals surface area contributed by atoms with E-state index in [-0.39, 0.29) is 10.8 Å². The third-order valence-electron chi connectivity index (χ3n) is 2.61. The minimum atomic E-state index is -0.114. The lowest BCUT2D eigenvalue weighted by Crippen LogP contribution is -2.39. The molecule has 0 radical (unpaired) electrons. The average Bonchev–Trinajstić information content (AvgIpc) is 2.09. The van der Waals surface area contributed by atoms with Crippen LogP contribution in [0.1, 0.15) is 27.7 Å². The van der Waals surface area contributed by atoms with Crippen molar-refractivity contribution in [1.82, 2.24) is 0 Å². The van der Waals surface area contributed by atoms with E-state index in [4.69, 9.17) is 11.3 Å². The Morgan fingerprint density at radius 2 is 1.71 bits per heavy atom. The Kier molecular flexibility index (Phi) is 2.95. The fraction of sp³-hybridized carbons (Fsp3) is 0.800. The van der Waals surface area contributed by atoms with Gasteiger partial charge in [-0.25, -0.2) is 0 Å². The molecule has 1 heterocycles. The Morgan fingerprint density at radius 3 is 2.21 bits per heavy atom. The largest absolute Gasteiger partial charge is 0.323 e. The fourth-order valence-corrected chi connectivity index (χ4v) is 3.00. The summed E-state index contributed by atoms with van der Waals surface area (Å²) in [6, 6.07) is 0. The van der Waals surface area contributed by atoms with Gasteiger partial charge in [-0.15, -0.1) is 0 Å². The van der Waals surface area contributed by atoms with Gasteiger partial charge in [0.1, 0.15) is 0 Å². The SMILES string of the molecule is CC1(C)CSCC(C)(C)/C(=N/N)C1=N. The molecule has 1 aliphatic rings. The number of thioether (sulfide) groups is 1. The van der Waals surface area contributed by atoms with E-state index in [1.165, 1.54) is 0 Å². The lowest BCUT2D eigenvalue weighted by atomic mass is 9.78. The summed E-state index contributed by atoms with van der Waals surface area (Å²) < 4.78 is 0. The summed E-state index contributed by atoms with van der Waals surface area (Å²) in [7, 11) is 0. The van der Waals surface area contributed by atoms with Crippen LogP contribution in [0.3, 0.4) is 0 Å². The van der Waals surface area contributed by atoms with Crippen LogP contribution in [0, 0.1) is 16.2 Å². The molecule has 0 saturated carbocycles. The molecule has 3 nitrogen and oxygen atoms in total. The highest BCUT2D eigenvalue weighted by molar-refractivity contribution is 7.99. The highest BCUT2D eigenvalue weighted by Crippen LogP contribution is 2.36. The summed E-state index contributed by atoms with van der Waals surface area (Å²) in [5, 5.41) is 11.9. The van der Waals surface area contributed by atoms with E-state index < -0.39 is 0 Å². The molecule has 0 atom stereocenters. The van der Waals surface area contributed by atoms with Crippen molar-refractivity contribution < 1.29 is 0 Å². The summed E-state index contributed by atoms with van der Waals surface area (Å²) in [5.41, 5.74) is 1.16. The average molecular weight is 213 g/mol. The number of nitrogens with one attached hydrogen (secondary N) is 1. The van der Waals surface area contributed by atoms with E-state index in [0.29, 0.717) is 5.71 Å². The smallest absolute Gasteiger partial charge is 0.0877 e. The monoisotopic (exact) mass is 213 g/mol. The molecule has 1 saturated heterocycles. The first kappa shape index (κ1) is 11.6. The topological polar surface area (TPSA) is 62.2 Å². The van der Waals surface area contributed by atoms with Crippen molar-refractivity contribution in [3.63, 3.8) is 0 Å². The van der Waals surface area contributed by atoms with Gasteiger partial charge in [0, 0.05) is 22.3 Å². The molecule has 1 aliphatic heterocycles. The molecule has 0 aromatic rings. The standard InChI is InChI=1S/C10H19N3S/c1-9(2)5-14-6-10(3,4)8(13-12)7(9)11/h11H,5-6,12H2,1-4H3/b11-7?,13-8+. The second-order valence-corrected chi connectivity index (χ2v) is 6.10. The lowest BCUT2D eigenvalue weighted by molar-refractivity contribution is 0.592. The number of rotatable bonds is 0. The molecule has 0 aliphatic carbocycles. The third kappa shape index (κ3) is 1.95. The molecule has 1 fully saturated rings. The van der Waals surface area contributed by atoms with Gasteiger partial charge in [0.25, 0.3) is 0 Å². The van der Waals surface area contributed by atoms with Crippen LogP contribution in [0.15, 0.2) is 5.10 Å². The van der Waals surface area contributed by atoms with Gasteiger partial charge < -0.3 is 11.3 Å².